The van der Waals surface area contributed by atoms with Crippen molar-refractivity contribution in [1.29, 1.82) is 0 Å². The van der Waals surface area contributed by atoms with Crippen molar-refractivity contribution in [3.63, 3.8) is 0 Å². The van der Waals surface area contributed by atoms with Gasteiger partial charge in [0.25, 0.3) is 5.56 Å². The Kier molecular flexibility index (Phi) is 4.57. The molecule has 7 nitrogen and oxygen atoms in total. The minimum absolute atomic E-state index is 0.0658. The summed E-state index contributed by atoms with van der Waals surface area (Å²) in [5, 5.41) is 17.6. The van der Waals surface area contributed by atoms with Crippen LogP contribution in [0.1, 0.15) is 37.8 Å². The second-order valence-corrected chi connectivity index (χ2v) is 6.59. The number of carboxylic acids is 1. The number of aryl methyl sites for hydroxylation is 1. The van der Waals surface area contributed by atoms with Crippen LogP contribution in [0.2, 0.25) is 0 Å². The Bertz CT molecular complexity index is 882. The number of benzene rings is 1. The molecule has 132 valence electrons. The fourth-order valence-corrected chi connectivity index (χ4v) is 3.52. The molecule has 1 saturated carbocycles. The zero-order valence-corrected chi connectivity index (χ0v) is 14.1. The highest BCUT2D eigenvalue weighted by Crippen LogP contribution is 2.28. The van der Waals surface area contributed by atoms with E-state index in [1.807, 2.05) is 0 Å². The Morgan fingerprint density at radius 1 is 1.20 bits per heavy atom. The third kappa shape index (κ3) is 3.26. The van der Waals surface area contributed by atoms with Crippen LogP contribution in [-0.2, 0) is 23.1 Å². The summed E-state index contributed by atoms with van der Waals surface area (Å²) in [6.07, 6.45) is 3.37. The smallest absolute Gasteiger partial charge is 0.329 e. The van der Waals surface area contributed by atoms with Crippen molar-refractivity contribution < 1.29 is 14.7 Å². The maximum absolute atomic E-state index is 12.5. The molecule has 3 rings (SSSR count). The van der Waals surface area contributed by atoms with Gasteiger partial charge in [0.05, 0.1) is 17.5 Å². The molecule has 2 N–H and O–H groups in total. The average Bonchev–Trinajstić information content (AvgIpc) is 2.60. The fraction of sp³-hybridized carbons (Fsp3) is 0.444. The zero-order valence-electron chi connectivity index (χ0n) is 14.1. The molecule has 1 aromatic carbocycles. The molecule has 1 heterocycles. The van der Waals surface area contributed by atoms with E-state index in [4.69, 9.17) is 0 Å². The highest BCUT2D eigenvalue weighted by atomic mass is 16.4. The summed E-state index contributed by atoms with van der Waals surface area (Å²) < 4.78 is 1.21. The van der Waals surface area contributed by atoms with Crippen molar-refractivity contribution in [1.82, 2.24) is 15.1 Å². The Balaban J connectivity index is 1.88. The number of carbonyl (C=O) groups excluding carboxylic acids is 1. The van der Waals surface area contributed by atoms with Gasteiger partial charge in [-0.25, -0.2) is 9.48 Å². The van der Waals surface area contributed by atoms with Gasteiger partial charge in [0.1, 0.15) is 5.54 Å². The molecule has 25 heavy (non-hydrogen) atoms. The van der Waals surface area contributed by atoms with E-state index in [9.17, 15) is 19.5 Å². The number of nitrogens with zero attached hydrogens (tertiary/aromatic N) is 2. The van der Waals surface area contributed by atoms with E-state index in [0.717, 1.165) is 19.3 Å². The number of aliphatic carboxylic acids is 1. The molecule has 0 atom stereocenters. The van der Waals surface area contributed by atoms with Crippen molar-refractivity contribution in [3.05, 3.63) is 40.3 Å². The number of rotatable bonds is 4. The van der Waals surface area contributed by atoms with Gasteiger partial charge in [0, 0.05) is 12.4 Å². The van der Waals surface area contributed by atoms with E-state index in [1.54, 1.807) is 24.3 Å². The van der Waals surface area contributed by atoms with Gasteiger partial charge in [-0.1, -0.05) is 37.5 Å². The molecule has 1 aromatic heterocycles. The van der Waals surface area contributed by atoms with Crippen LogP contribution in [-0.4, -0.2) is 32.3 Å². The molecular formula is C18H21N3O4. The van der Waals surface area contributed by atoms with Gasteiger partial charge in [-0.3, -0.25) is 9.59 Å². The Hall–Kier alpha value is -2.70. The van der Waals surface area contributed by atoms with E-state index < -0.39 is 11.5 Å². The van der Waals surface area contributed by atoms with Crippen molar-refractivity contribution in [2.24, 2.45) is 7.05 Å². The van der Waals surface area contributed by atoms with Gasteiger partial charge >= 0.3 is 5.97 Å². The second-order valence-electron chi connectivity index (χ2n) is 6.59. The number of carboxylic acid groups (broad SMARTS) is 1. The predicted octanol–water partition coefficient (Wildman–Crippen LogP) is 1.38. The van der Waals surface area contributed by atoms with Crippen LogP contribution >= 0.6 is 0 Å². The van der Waals surface area contributed by atoms with Crippen LogP contribution in [0.15, 0.2) is 29.1 Å². The number of amides is 1. The first kappa shape index (κ1) is 17.1. The van der Waals surface area contributed by atoms with Gasteiger partial charge in [0.2, 0.25) is 5.91 Å². The number of aromatic nitrogens is 2. The summed E-state index contributed by atoms with van der Waals surface area (Å²) in [6.45, 7) is 0. The molecule has 2 aromatic rings. The maximum Gasteiger partial charge on any atom is 0.329 e. The standard InChI is InChI=1S/C18H21N3O4/c1-21-16(23)13-8-4-3-7-12(13)14(20-21)11-15(22)19-18(17(24)25)9-5-2-6-10-18/h3-4,7-8H,2,5-6,9-11H2,1H3,(H,19,22)(H,24,25). The summed E-state index contributed by atoms with van der Waals surface area (Å²) in [7, 11) is 1.54. The summed E-state index contributed by atoms with van der Waals surface area (Å²) in [5.41, 5.74) is -0.952. The van der Waals surface area contributed by atoms with Gasteiger partial charge in [-0.05, 0) is 18.9 Å². The first-order valence-corrected chi connectivity index (χ1v) is 8.42. The molecule has 7 heteroatoms. The van der Waals surface area contributed by atoms with Crippen molar-refractivity contribution >= 4 is 22.6 Å². The van der Waals surface area contributed by atoms with Crippen LogP contribution in [0.4, 0.5) is 0 Å². The van der Waals surface area contributed by atoms with Gasteiger partial charge < -0.3 is 10.4 Å². The summed E-state index contributed by atoms with van der Waals surface area (Å²) in [6, 6.07) is 6.99. The Morgan fingerprint density at radius 2 is 1.84 bits per heavy atom. The molecular weight excluding hydrogens is 322 g/mol. The van der Waals surface area contributed by atoms with Crippen molar-refractivity contribution in [3.8, 4) is 0 Å². The normalized spacial score (nSPS) is 16.5. The third-order valence-electron chi connectivity index (χ3n) is 4.86. The molecule has 0 bridgehead atoms. The van der Waals surface area contributed by atoms with Gasteiger partial charge in [-0.15, -0.1) is 0 Å². The quantitative estimate of drug-likeness (QED) is 0.873. The minimum atomic E-state index is -1.19. The lowest BCUT2D eigenvalue weighted by molar-refractivity contribution is -0.149. The molecule has 1 fully saturated rings. The number of carbonyl (C=O) groups is 2. The molecule has 1 amide bonds. The summed E-state index contributed by atoms with van der Waals surface area (Å²) in [4.78, 5) is 36.4. The molecule has 0 spiro atoms. The number of hydrogen-bond donors (Lipinski definition) is 2. The zero-order chi connectivity index (χ0) is 18.0. The lowest BCUT2D eigenvalue weighted by Crippen LogP contribution is -2.56. The second kappa shape index (κ2) is 6.66. The average molecular weight is 343 g/mol. The molecule has 0 aliphatic heterocycles. The van der Waals surface area contributed by atoms with Crippen LogP contribution in [0, 0.1) is 0 Å². The molecule has 1 aliphatic rings. The first-order chi connectivity index (χ1) is 11.9. The van der Waals surface area contributed by atoms with E-state index >= 15 is 0 Å². The largest absolute Gasteiger partial charge is 0.480 e. The Labute approximate surface area is 144 Å². The molecule has 0 unspecified atom stereocenters. The van der Waals surface area contributed by atoms with Crippen LogP contribution < -0.4 is 10.9 Å². The lowest BCUT2D eigenvalue weighted by atomic mass is 9.81. The van der Waals surface area contributed by atoms with Crippen LogP contribution in [0.3, 0.4) is 0 Å². The lowest BCUT2D eigenvalue weighted by Gasteiger charge is -2.34. The number of nitrogens with one attached hydrogen (secondary N) is 1. The Morgan fingerprint density at radius 3 is 2.48 bits per heavy atom. The third-order valence-corrected chi connectivity index (χ3v) is 4.86. The number of fused-ring (bicyclic) bond motifs is 1. The fourth-order valence-electron chi connectivity index (χ4n) is 3.52. The van der Waals surface area contributed by atoms with E-state index in [0.29, 0.717) is 29.3 Å². The minimum Gasteiger partial charge on any atom is -0.480 e. The monoisotopic (exact) mass is 343 g/mol. The topological polar surface area (TPSA) is 101 Å². The van der Waals surface area contributed by atoms with E-state index in [2.05, 4.69) is 10.4 Å². The van der Waals surface area contributed by atoms with Crippen molar-refractivity contribution in [2.45, 2.75) is 44.1 Å². The van der Waals surface area contributed by atoms with Crippen LogP contribution in [0.5, 0.6) is 0 Å². The molecule has 1 aliphatic carbocycles. The predicted molar refractivity (Wildman–Crippen MR) is 92.3 cm³/mol. The van der Waals surface area contributed by atoms with Gasteiger partial charge in [-0.2, -0.15) is 5.10 Å². The van der Waals surface area contributed by atoms with Crippen LogP contribution in [0.25, 0.3) is 10.8 Å². The molecule has 0 radical (unpaired) electrons. The maximum atomic E-state index is 12.5. The SMILES string of the molecule is Cn1nc(CC(=O)NC2(C(=O)O)CCCCC2)c2ccccc2c1=O. The molecule has 0 saturated heterocycles. The highest BCUT2D eigenvalue weighted by molar-refractivity contribution is 5.91. The first-order valence-electron chi connectivity index (χ1n) is 8.42. The van der Waals surface area contributed by atoms with Crippen molar-refractivity contribution in [2.75, 3.05) is 0 Å². The van der Waals surface area contributed by atoms with E-state index in [-0.39, 0.29) is 17.9 Å². The highest BCUT2D eigenvalue weighted by Gasteiger charge is 2.40. The van der Waals surface area contributed by atoms with Gasteiger partial charge in [0.15, 0.2) is 0 Å². The summed E-state index contributed by atoms with van der Waals surface area (Å²) >= 11 is 0. The van der Waals surface area contributed by atoms with E-state index in [1.165, 1.54) is 11.7 Å². The summed E-state index contributed by atoms with van der Waals surface area (Å²) in [5.74, 6) is -1.38. The number of hydrogen-bond acceptors (Lipinski definition) is 4.